The molecule has 0 aromatic carbocycles. The van der Waals surface area contributed by atoms with E-state index in [1.54, 1.807) is 0 Å². The minimum atomic E-state index is 0.490. The Balaban J connectivity index is 2.54. The van der Waals surface area contributed by atoms with Crippen molar-refractivity contribution in [2.75, 3.05) is 0 Å². The van der Waals surface area contributed by atoms with Crippen molar-refractivity contribution in [1.29, 1.82) is 0 Å². The Bertz CT molecular complexity index is 162. The molecule has 0 aromatic heterocycles. The highest BCUT2D eigenvalue weighted by Gasteiger charge is 2.25. The van der Waals surface area contributed by atoms with Gasteiger partial charge in [0.25, 0.3) is 0 Å². The molecule has 0 nitrogen and oxygen atoms in total. The maximum absolute atomic E-state index is 3.54. The van der Waals surface area contributed by atoms with Crippen LogP contribution < -0.4 is 0 Å². The van der Waals surface area contributed by atoms with Gasteiger partial charge in [-0.25, -0.2) is 0 Å². The second-order valence-corrected chi connectivity index (χ2v) is 5.51. The van der Waals surface area contributed by atoms with Gasteiger partial charge in [-0.3, -0.25) is 0 Å². The van der Waals surface area contributed by atoms with Gasteiger partial charge in [0.2, 0.25) is 0 Å². The molecule has 64 valence electrons. The van der Waals surface area contributed by atoms with Gasteiger partial charge in [-0.15, -0.1) is 0 Å². The molecule has 0 amide bonds. The highest BCUT2D eigenvalue weighted by atomic mass is 79.9. The third-order valence-corrected chi connectivity index (χ3v) is 3.30. The number of rotatable bonds is 0. The Kier molecular flexibility index (Phi) is 2.79. The number of halogens is 1. The zero-order chi connectivity index (χ0) is 8.48. The average Bonchev–Trinajstić information content (AvgIpc) is 1.86. The first-order chi connectivity index (χ1) is 5.00. The van der Waals surface area contributed by atoms with Crippen LogP contribution >= 0.6 is 15.9 Å². The average molecular weight is 217 g/mol. The van der Waals surface area contributed by atoms with E-state index in [-0.39, 0.29) is 0 Å². The fourth-order valence-electron chi connectivity index (χ4n) is 1.59. The van der Waals surface area contributed by atoms with Crippen molar-refractivity contribution in [3.05, 3.63) is 10.6 Å². The van der Waals surface area contributed by atoms with Crippen LogP contribution in [0.25, 0.3) is 0 Å². The van der Waals surface area contributed by atoms with Crippen LogP contribution in [0.2, 0.25) is 0 Å². The van der Waals surface area contributed by atoms with Gasteiger partial charge in [0.05, 0.1) is 0 Å². The summed E-state index contributed by atoms with van der Waals surface area (Å²) < 4.78 is 1.40. The van der Waals surface area contributed by atoms with E-state index in [1.807, 2.05) is 0 Å². The van der Waals surface area contributed by atoms with Crippen molar-refractivity contribution in [1.82, 2.24) is 0 Å². The molecule has 1 rings (SSSR count). The highest BCUT2D eigenvalue weighted by molar-refractivity contribution is 9.11. The first kappa shape index (κ1) is 9.31. The quantitative estimate of drug-likeness (QED) is 0.572. The number of hydrogen-bond acceptors (Lipinski definition) is 0. The lowest BCUT2D eigenvalue weighted by Gasteiger charge is -2.32. The van der Waals surface area contributed by atoms with Crippen molar-refractivity contribution in [3.63, 3.8) is 0 Å². The third-order valence-electron chi connectivity index (χ3n) is 2.58. The van der Waals surface area contributed by atoms with Crippen molar-refractivity contribution < 1.29 is 0 Å². The Hall–Kier alpha value is 0.220. The molecule has 0 fully saturated rings. The monoisotopic (exact) mass is 216 g/mol. The zero-order valence-corrected chi connectivity index (χ0v) is 9.24. The summed E-state index contributed by atoms with van der Waals surface area (Å²) in [6.45, 7) is 7.01. The third kappa shape index (κ3) is 2.62. The lowest BCUT2D eigenvalue weighted by Crippen LogP contribution is -2.21. The summed E-state index contributed by atoms with van der Waals surface area (Å²) in [5.74, 6) is 0.879. The summed E-state index contributed by atoms with van der Waals surface area (Å²) in [6.07, 6.45) is 6.17. The largest absolute Gasteiger partial charge is 0.0741 e. The van der Waals surface area contributed by atoms with E-state index in [0.29, 0.717) is 5.41 Å². The van der Waals surface area contributed by atoms with Crippen LogP contribution in [0.15, 0.2) is 10.6 Å². The van der Waals surface area contributed by atoms with Crippen molar-refractivity contribution in [3.8, 4) is 0 Å². The highest BCUT2D eigenvalue weighted by Crippen LogP contribution is 2.38. The Morgan fingerprint density at radius 3 is 2.45 bits per heavy atom. The SMILES string of the molecule is CC(C)(C)C1CC=C(Br)CC1. The minimum absolute atomic E-state index is 0.490. The molecule has 0 aliphatic heterocycles. The van der Waals surface area contributed by atoms with Gasteiger partial charge in [0.15, 0.2) is 0 Å². The molecule has 1 heteroatoms. The first-order valence-electron chi connectivity index (χ1n) is 4.34. The maximum Gasteiger partial charge on any atom is -0.00890 e. The molecule has 0 spiro atoms. The lowest BCUT2D eigenvalue weighted by molar-refractivity contribution is 0.223. The van der Waals surface area contributed by atoms with Crippen LogP contribution in [0, 0.1) is 11.3 Å². The van der Waals surface area contributed by atoms with Crippen molar-refractivity contribution in [2.24, 2.45) is 11.3 Å². The van der Waals surface area contributed by atoms with E-state index in [9.17, 15) is 0 Å². The fraction of sp³-hybridized carbons (Fsp3) is 0.800. The molecular weight excluding hydrogens is 200 g/mol. The van der Waals surface area contributed by atoms with Gasteiger partial charge >= 0.3 is 0 Å². The molecule has 0 radical (unpaired) electrons. The molecular formula is C10H17Br. The summed E-state index contributed by atoms with van der Waals surface area (Å²) >= 11 is 3.54. The minimum Gasteiger partial charge on any atom is -0.0741 e. The molecule has 0 saturated heterocycles. The van der Waals surface area contributed by atoms with Crippen LogP contribution in [0.3, 0.4) is 0 Å². The summed E-state index contributed by atoms with van der Waals surface area (Å²) in [5, 5.41) is 0. The Morgan fingerprint density at radius 2 is 2.09 bits per heavy atom. The Morgan fingerprint density at radius 1 is 1.45 bits per heavy atom. The molecule has 0 heterocycles. The second kappa shape index (κ2) is 3.30. The summed E-state index contributed by atoms with van der Waals surface area (Å²) in [4.78, 5) is 0. The molecule has 1 aliphatic rings. The van der Waals surface area contributed by atoms with Gasteiger partial charge in [0.1, 0.15) is 0 Å². The molecule has 11 heavy (non-hydrogen) atoms. The zero-order valence-electron chi connectivity index (χ0n) is 7.65. The lowest BCUT2D eigenvalue weighted by atomic mass is 9.74. The fourth-order valence-corrected chi connectivity index (χ4v) is 2.00. The van der Waals surface area contributed by atoms with Gasteiger partial charge in [-0.1, -0.05) is 42.8 Å². The van der Waals surface area contributed by atoms with Gasteiger partial charge in [0, 0.05) is 0 Å². The summed E-state index contributed by atoms with van der Waals surface area (Å²) in [5.41, 5.74) is 0.490. The van der Waals surface area contributed by atoms with Gasteiger partial charge < -0.3 is 0 Å². The maximum atomic E-state index is 3.54. The smallest absolute Gasteiger partial charge is 0.00890 e. The van der Waals surface area contributed by atoms with Crippen LogP contribution in [-0.2, 0) is 0 Å². The summed E-state index contributed by atoms with van der Waals surface area (Å²) in [7, 11) is 0. The normalized spacial score (nSPS) is 26.5. The number of hydrogen-bond donors (Lipinski definition) is 0. The van der Waals surface area contributed by atoms with E-state index in [0.717, 1.165) is 5.92 Å². The van der Waals surface area contributed by atoms with Crippen LogP contribution in [-0.4, -0.2) is 0 Å². The van der Waals surface area contributed by atoms with Gasteiger partial charge in [-0.05, 0) is 35.1 Å². The molecule has 0 N–H and O–H groups in total. The van der Waals surface area contributed by atoms with E-state index in [4.69, 9.17) is 0 Å². The molecule has 0 aromatic rings. The van der Waals surface area contributed by atoms with Gasteiger partial charge in [-0.2, -0.15) is 0 Å². The summed E-state index contributed by atoms with van der Waals surface area (Å²) in [6, 6.07) is 0. The number of allylic oxidation sites excluding steroid dienone is 2. The van der Waals surface area contributed by atoms with Crippen LogP contribution in [0.4, 0.5) is 0 Å². The van der Waals surface area contributed by atoms with E-state index in [2.05, 4.69) is 42.8 Å². The van der Waals surface area contributed by atoms with Crippen molar-refractivity contribution in [2.45, 2.75) is 40.0 Å². The predicted molar refractivity (Wildman–Crippen MR) is 53.8 cm³/mol. The first-order valence-corrected chi connectivity index (χ1v) is 5.14. The molecule has 1 atom stereocenters. The standard InChI is InChI=1S/C10H17Br/c1-10(2,3)8-4-6-9(11)7-5-8/h6,8H,4-5,7H2,1-3H3. The molecule has 1 unspecified atom stereocenters. The molecule has 1 aliphatic carbocycles. The van der Waals surface area contributed by atoms with E-state index < -0.39 is 0 Å². The predicted octanol–water partition coefficient (Wildman–Crippen LogP) is 4.11. The topological polar surface area (TPSA) is 0 Å². The second-order valence-electron chi connectivity index (χ2n) is 4.49. The Labute approximate surface area is 78.2 Å². The van der Waals surface area contributed by atoms with Crippen molar-refractivity contribution >= 4 is 15.9 Å². The van der Waals surface area contributed by atoms with E-state index in [1.165, 1.54) is 23.7 Å². The molecule has 0 saturated carbocycles. The molecule has 0 bridgehead atoms. The van der Waals surface area contributed by atoms with Crippen LogP contribution in [0.5, 0.6) is 0 Å². The van der Waals surface area contributed by atoms with Crippen LogP contribution in [0.1, 0.15) is 40.0 Å². The van der Waals surface area contributed by atoms with E-state index >= 15 is 0 Å².